The van der Waals surface area contributed by atoms with Gasteiger partial charge in [0.05, 0.1) is 12.3 Å². The van der Waals surface area contributed by atoms with E-state index in [-0.39, 0.29) is 5.91 Å². The molecule has 0 spiro atoms. The Morgan fingerprint density at radius 1 is 1.35 bits per heavy atom. The summed E-state index contributed by atoms with van der Waals surface area (Å²) in [5.74, 6) is 1.72. The van der Waals surface area contributed by atoms with Crippen LogP contribution >= 0.6 is 23.5 Å². The molecule has 3 rings (SSSR count). The van der Waals surface area contributed by atoms with Gasteiger partial charge in [0.15, 0.2) is 10.3 Å². The number of aliphatic imine (C=N–C) groups is 1. The molecule has 1 aliphatic heterocycles. The predicted octanol–water partition coefficient (Wildman–Crippen LogP) is 3.26. The number of hydrogen-bond acceptors (Lipinski definition) is 6. The van der Waals surface area contributed by atoms with Gasteiger partial charge in [0.25, 0.3) is 0 Å². The highest BCUT2D eigenvalue weighted by atomic mass is 32.2. The Bertz CT molecular complexity index is 785. The summed E-state index contributed by atoms with van der Waals surface area (Å²) >= 11 is 3.07. The van der Waals surface area contributed by atoms with Gasteiger partial charge in [-0.1, -0.05) is 55.1 Å². The predicted molar refractivity (Wildman–Crippen MR) is 108 cm³/mol. The minimum absolute atomic E-state index is 0.0651. The van der Waals surface area contributed by atoms with Gasteiger partial charge in [-0.25, -0.2) is 0 Å². The lowest BCUT2D eigenvalue weighted by Crippen LogP contribution is -2.38. The lowest BCUT2D eigenvalue weighted by atomic mass is 10.2. The van der Waals surface area contributed by atoms with E-state index in [9.17, 15) is 4.79 Å². The molecule has 0 fully saturated rings. The highest BCUT2D eigenvalue weighted by Gasteiger charge is 2.24. The second kappa shape index (κ2) is 8.73. The van der Waals surface area contributed by atoms with Crippen LogP contribution < -0.4 is 0 Å². The SMILES string of the molecule is Cc1ccc(-n2cnnc2SCC(=O)N(CC(C)C)C2=NCCS2)cc1. The monoisotopic (exact) mass is 389 g/mol. The van der Waals surface area contributed by atoms with E-state index in [4.69, 9.17) is 0 Å². The Labute approximate surface area is 162 Å². The van der Waals surface area contributed by atoms with Crippen molar-refractivity contribution in [3.63, 3.8) is 0 Å². The maximum atomic E-state index is 12.8. The molecule has 0 unspecified atom stereocenters. The molecule has 6 nitrogen and oxygen atoms in total. The quantitative estimate of drug-likeness (QED) is 0.710. The van der Waals surface area contributed by atoms with Crippen LogP contribution in [0.25, 0.3) is 5.69 Å². The molecule has 2 aromatic rings. The minimum atomic E-state index is 0.0651. The molecule has 1 aliphatic rings. The van der Waals surface area contributed by atoms with E-state index in [0.29, 0.717) is 23.4 Å². The molecular formula is C18H23N5OS2. The summed E-state index contributed by atoms with van der Waals surface area (Å²) in [6.45, 7) is 7.76. The third kappa shape index (κ3) is 4.67. The molecule has 2 heterocycles. The molecule has 0 aliphatic carbocycles. The molecule has 0 saturated heterocycles. The lowest BCUT2D eigenvalue weighted by Gasteiger charge is -2.23. The van der Waals surface area contributed by atoms with Crippen LogP contribution in [0.4, 0.5) is 0 Å². The third-order valence-electron chi connectivity index (χ3n) is 3.80. The number of rotatable bonds is 6. The maximum absolute atomic E-state index is 12.8. The van der Waals surface area contributed by atoms with Crippen molar-refractivity contribution < 1.29 is 4.79 Å². The van der Waals surface area contributed by atoms with Crippen LogP contribution in [0.5, 0.6) is 0 Å². The first kappa shape index (κ1) is 19.0. The van der Waals surface area contributed by atoms with Crippen molar-refractivity contribution in [1.82, 2.24) is 19.7 Å². The maximum Gasteiger partial charge on any atom is 0.239 e. The van der Waals surface area contributed by atoms with Crippen molar-refractivity contribution in [1.29, 1.82) is 0 Å². The molecule has 0 bridgehead atoms. The summed E-state index contributed by atoms with van der Waals surface area (Å²) in [6.07, 6.45) is 1.68. The summed E-state index contributed by atoms with van der Waals surface area (Å²) in [7, 11) is 0. The van der Waals surface area contributed by atoms with E-state index in [0.717, 1.165) is 23.2 Å². The van der Waals surface area contributed by atoms with Crippen LogP contribution in [-0.2, 0) is 4.79 Å². The number of thioether (sulfide) groups is 2. The molecule has 0 atom stereocenters. The number of amides is 1. The van der Waals surface area contributed by atoms with Crippen molar-refractivity contribution in [2.24, 2.45) is 10.9 Å². The fraction of sp³-hybridized carbons (Fsp3) is 0.444. The first-order valence-corrected chi connectivity index (χ1v) is 10.6. The summed E-state index contributed by atoms with van der Waals surface area (Å²) in [4.78, 5) is 19.1. The number of aryl methyl sites for hydroxylation is 1. The van der Waals surface area contributed by atoms with Crippen molar-refractivity contribution >= 4 is 34.6 Å². The Morgan fingerprint density at radius 2 is 2.12 bits per heavy atom. The summed E-state index contributed by atoms with van der Waals surface area (Å²) < 4.78 is 1.91. The van der Waals surface area contributed by atoms with Crippen LogP contribution in [0.15, 0.2) is 40.7 Å². The van der Waals surface area contributed by atoms with Gasteiger partial charge in [-0.05, 0) is 25.0 Å². The smallest absolute Gasteiger partial charge is 0.239 e. The van der Waals surface area contributed by atoms with E-state index < -0.39 is 0 Å². The normalized spacial score (nSPS) is 13.9. The molecule has 1 amide bonds. The molecule has 26 heavy (non-hydrogen) atoms. The van der Waals surface area contributed by atoms with Crippen molar-refractivity contribution in [2.45, 2.75) is 25.9 Å². The minimum Gasteiger partial charge on any atom is -0.291 e. The Hall–Kier alpha value is -1.80. The van der Waals surface area contributed by atoms with Gasteiger partial charge >= 0.3 is 0 Å². The molecule has 1 aromatic carbocycles. The second-order valence-electron chi connectivity index (χ2n) is 6.52. The average molecular weight is 390 g/mol. The number of aromatic nitrogens is 3. The zero-order chi connectivity index (χ0) is 18.5. The largest absolute Gasteiger partial charge is 0.291 e. The fourth-order valence-electron chi connectivity index (χ4n) is 2.55. The first-order chi connectivity index (χ1) is 12.5. The zero-order valence-electron chi connectivity index (χ0n) is 15.3. The van der Waals surface area contributed by atoms with Crippen LogP contribution in [0.1, 0.15) is 19.4 Å². The molecule has 0 N–H and O–H groups in total. The average Bonchev–Trinajstić information content (AvgIpc) is 3.30. The van der Waals surface area contributed by atoms with E-state index in [2.05, 4.69) is 48.1 Å². The third-order valence-corrected chi connectivity index (χ3v) is 5.72. The molecule has 0 radical (unpaired) electrons. The summed E-state index contributed by atoms with van der Waals surface area (Å²) in [5, 5.41) is 9.75. The number of carbonyl (C=O) groups excluding carboxylic acids is 1. The van der Waals surface area contributed by atoms with Crippen molar-refractivity contribution in [2.75, 3.05) is 24.6 Å². The molecular weight excluding hydrogens is 366 g/mol. The number of nitrogens with zero attached hydrogens (tertiary/aromatic N) is 5. The molecule has 138 valence electrons. The van der Waals surface area contributed by atoms with Crippen LogP contribution in [0, 0.1) is 12.8 Å². The lowest BCUT2D eigenvalue weighted by molar-refractivity contribution is -0.124. The fourth-order valence-corrected chi connectivity index (χ4v) is 4.23. The van der Waals surface area contributed by atoms with Gasteiger partial charge in [-0.15, -0.1) is 10.2 Å². The Morgan fingerprint density at radius 3 is 2.77 bits per heavy atom. The van der Waals surface area contributed by atoms with E-state index >= 15 is 0 Å². The van der Waals surface area contributed by atoms with Gasteiger partial charge in [-0.3, -0.25) is 19.3 Å². The van der Waals surface area contributed by atoms with Gasteiger partial charge in [-0.2, -0.15) is 0 Å². The Kier molecular flexibility index (Phi) is 6.37. The number of benzene rings is 1. The zero-order valence-corrected chi connectivity index (χ0v) is 16.9. The topological polar surface area (TPSA) is 63.4 Å². The standard InChI is InChI=1S/C18H23N5OS2/c1-13(2)10-22(17-19-8-9-25-17)16(24)11-26-18-21-20-12-23(18)15-6-4-14(3)5-7-15/h4-7,12-13H,8-11H2,1-3H3. The number of carbonyl (C=O) groups is 1. The van der Waals surface area contributed by atoms with Gasteiger partial charge < -0.3 is 0 Å². The van der Waals surface area contributed by atoms with Crippen molar-refractivity contribution in [3.8, 4) is 5.69 Å². The van der Waals surface area contributed by atoms with Crippen LogP contribution in [0.2, 0.25) is 0 Å². The van der Waals surface area contributed by atoms with Crippen LogP contribution in [-0.4, -0.2) is 55.3 Å². The molecule has 1 aromatic heterocycles. The van der Waals surface area contributed by atoms with Gasteiger partial charge in [0, 0.05) is 18.0 Å². The summed E-state index contributed by atoms with van der Waals surface area (Å²) in [5.41, 5.74) is 2.19. The molecule has 0 saturated carbocycles. The van der Waals surface area contributed by atoms with Gasteiger partial charge in [0.2, 0.25) is 5.91 Å². The van der Waals surface area contributed by atoms with Crippen molar-refractivity contribution in [3.05, 3.63) is 36.2 Å². The highest BCUT2D eigenvalue weighted by molar-refractivity contribution is 8.14. The van der Waals surface area contributed by atoms with E-state index in [1.165, 1.54) is 17.3 Å². The van der Waals surface area contributed by atoms with E-state index in [1.54, 1.807) is 18.1 Å². The van der Waals surface area contributed by atoms with E-state index in [1.807, 2.05) is 21.6 Å². The van der Waals surface area contributed by atoms with Crippen LogP contribution in [0.3, 0.4) is 0 Å². The summed E-state index contributed by atoms with van der Waals surface area (Å²) in [6, 6.07) is 8.16. The highest BCUT2D eigenvalue weighted by Crippen LogP contribution is 2.22. The number of hydrogen-bond donors (Lipinski definition) is 0. The Balaban J connectivity index is 1.69. The first-order valence-electron chi connectivity index (χ1n) is 8.62. The van der Waals surface area contributed by atoms with Gasteiger partial charge in [0.1, 0.15) is 6.33 Å². The molecule has 8 heteroatoms. The second-order valence-corrected chi connectivity index (χ2v) is 8.52. The number of amidine groups is 1.